The number of amides is 1. The van der Waals surface area contributed by atoms with Gasteiger partial charge in [0.25, 0.3) is 0 Å². The van der Waals surface area contributed by atoms with Crippen LogP contribution in [0.15, 0.2) is 48.5 Å². The highest BCUT2D eigenvalue weighted by Gasteiger charge is 2.05. The van der Waals surface area contributed by atoms with E-state index >= 15 is 0 Å². The summed E-state index contributed by atoms with van der Waals surface area (Å²) in [5.41, 5.74) is 2.01. The van der Waals surface area contributed by atoms with Crippen LogP contribution >= 0.6 is 0 Å². The lowest BCUT2D eigenvalue weighted by atomic mass is 10.1. The molecule has 122 valence electrons. The number of hydrogen-bond acceptors (Lipinski definition) is 3. The molecule has 1 N–H and O–H groups in total. The van der Waals surface area contributed by atoms with E-state index in [1.54, 1.807) is 7.11 Å². The second kappa shape index (κ2) is 8.22. The van der Waals surface area contributed by atoms with E-state index in [9.17, 15) is 4.79 Å². The second-order valence-corrected chi connectivity index (χ2v) is 5.61. The molecule has 0 heterocycles. The Labute approximate surface area is 137 Å². The van der Waals surface area contributed by atoms with E-state index in [4.69, 9.17) is 9.47 Å². The highest BCUT2D eigenvalue weighted by molar-refractivity contribution is 5.78. The quantitative estimate of drug-likeness (QED) is 0.853. The molecule has 2 aromatic rings. The van der Waals surface area contributed by atoms with E-state index in [1.165, 1.54) is 0 Å². The first-order valence-corrected chi connectivity index (χ1v) is 7.72. The standard InChI is InChI=1S/C19H23NO3/c1-14(2)23-18-10-4-15(5-11-18)12-19(21)20-13-16-6-8-17(22-3)9-7-16/h4-11,14H,12-13H2,1-3H3,(H,20,21). The molecule has 0 spiro atoms. The summed E-state index contributed by atoms with van der Waals surface area (Å²) in [6, 6.07) is 15.3. The molecule has 0 unspecified atom stereocenters. The number of carbonyl (C=O) groups is 1. The van der Waals surface area contributed by atoms with Crippen LogP contribution in [0.4, 0.5) is 0 Å². The maximum atomic E-state index is 12.0. The summed E-state index contributed by atoms with van der Waals surface area (Å²) in [5.74, 6) is 1.63. The van der Waals surface area contributed by atoms with Gasteiger partial charge in [-0.1, -0.05) is 24.3 Å². The predicted molar refractivity (Wildman–Crippen MR) is 90.8 cm³/mol. The first-order valence-electron chi connectivity index (χ1n) is 7.72. The Bertz CT molecular complexity index is 618. The number of rotatable bonds is 7. The van der Waals surface area contributed by atoms with Crippen molar-refractivity contribution in [3.63, 3.8) is 0 Å². The zero-order chi connectivity index (χ0) is 16.7. The maximum Gasteiger partial charge on any atom is 0.224 e. The summed E-state index contributed by atoms with van der Waals surface area (Å²) in [4.78, 5) is 12.0. The van der Waals surface area contributed by atoms with Gasteiger partial charge in [-0.25, -0.2) is 0 Å². The van der Waals surface area contributed by atoms with E-state index in [1.807, 2.05) is 62.4 Å². The highest BCUT2D eigenvalue weighted by atomic mass is 16.5. The van der Waals surface area contributed by atoms with Gasteiger partial charge in [0, 0.05) is 6.54 Å². The fourth-order valence-electron chi connectivity index (χ4n) is 2.15. The third-order valence-electron chi connectivity index (χ3n) is 3.31. The van der Waals surface area contributed by atoms with E-state index < -0.39 is 0 Å². The van der Waals surface area contributed by atoms with Gasteiger partial charge in [-0.2, -0.15) is 0 Å². The van der Waals surface area contributed by atoms with Gasteiger partial charge in [-0.15, -0.1) is 0 Å². The van der Waals surface area contributed by atoms with Crippen LogP contribution < -0.4 is 14.8 Å². The molecule has 0 aliphatic carbocycles. The molecule has 2 aromatic carbocycles. The second-order valence-electron chi connectivity index (χ2n) is 5.61. The van der Waals surface area contributed by atoms with Crippen molar-refractivity contribution in [2.24, 2.45) is 0 Å². The van der Waals surface area contributed by atoms with E-state index in [0.29, 0.717) is 13.0 Å². The van der Waals surface area contributed by atoms with Crippen molar-refractivity contribution in [2.45, 2.75) is 32.9 Å². The van der Waals surface area contributed by atoms with Crippen molar-refractivity contribution >= 4 is 5.91 Å². The first kappa shape index (κ1) is 16.9. The lowest BCUT2D eigenvalue weighted by Gasteiger charge is -2.10. The van der Waals surface area contributed by atoms with Gasteiger partial charge >= 0.3 is 0 Å². The minimum Gasteiger partial charge on any atom is -0.497 e. The highest BCUT2D eigenvalue weighted by Crippen LogP contribution is 2.14. The molecule has 0 bridgehead atoms. The fraction of sp³-hybridized carbons (Fsp3) is 0.316. The monoisotopic (exact) mass is 313 g/mol. The van der Waals surface area contributed by atoms with Crippen molar-refractivity contribution in [3.8, 4) is 11.5 Å². The normalized spacial score (nSPS) is 10.4. The summed E-state index contributed by atoms with van der Waals surface area (Å²) in [7, 11) is 1.63. The van der Waals surface area contributed by atoms with Crippen LogP contribution in [0.1, 0.15) is 25.0 Å². The molecular formula is C19H23NO3. The van der Waals surface area contributed by atoms with Crippen LogP contribution in [0, 0.1) is 0 Å². The van der Waals surface area contributed by atoms with Gasteiger partial charge in [-0.05, 0) is 49.2 Å². The lowest BCUT2D eigenvalue weighted by molar-refractivity contribution is -0.120. The summed E-state index contributed by atoms with van der Waals surface area (Å²) >= 11 is 0. The van der Waals surface area contributed by atoms with Crippen LogP contribution in [-0.4, -0.2) is 19.1 Å². The van der Waals surface area contributed by atoms with E-state index in [2.05, 4.69) is 5.32 Å². The van der Waals surface area contributed by atoms with Crippen LogP contribution in [0.3, 0.4) is 0 Å². The first-order chi connectivity index (χ1) is 11.1. The number of hydrogen-bond donors (Lipinski definition) is 1. The molecule has 0 radical (unpaired) electrons. The summed E-state index contributed by atoms with van der Waals surface area (Å²) < 4.78 is 10.7. The van der Waals surface area contributed by atoms with Crippen molar-refractivity contribution in [1.82, 2.24) is 5.32 Å². The van der Waals surface area contributed by atoms with Crippen molar-refractivity contribution in [2.75, 3.05) is 7.11 Å². The van der Waals surface area contributed by atoms with Gasteiger partial charge in [0.2, 0.25) is 5.91 Å². The smallest absolute Gasteiger partial charge is 0.224 e. The van der Waals surface area contributed by atoms with Gasteiger partial charge in [0.05, 0.1) is 19.6 Å². The average Bonchev–Trinajstić information content (AvgIpc) is 2.55. The Kier molecular flexibility index (Phi) is 6.03. The topological polar surface area (TPSA) is 47.6 Å². The molecular weight excluding hydrogens is 290 g/mol. The number of benzene rings is 2. The summed E-state index contributed by atoms with van der Waals surface area (Å²) in [5, 5.41) is 2.92. The molecule has 0 saturated carbocycles. The Morgan fingerprint density at radius 2 is 1.52 bits per heavy atom. The Morgan fingerprint density at radius 1 is 0.957 bits per heavy atom. The van der Waals surface area contributed by atoms with Crippen LogP contribution in [-0.2, 0) is 17.8 Å². The molecule has 23 heavy (non-hydrogen) atoms. The van der Waals surface area contributed by atoms with Gasteiger partial charge in [0.15, 0.2) is 0 Å². The number of nitrogens with one attached hydrogen (secondary N) is 1. The zero-order valence-electron chi connectivity index (χ0n) is 13.8. The Morgan fingerprint density at radius 3 is 2.09 bits per heavy atom. The molecule has 0 aromatic heterocycles. The molecule has 0 saturated heterocycles. The molecule has 0 fully saturated rings. The Balaban J connectivity index is 1.81. The van der Waals surface area contributed by atoms with E-state index in [0.717, 1.165) is 22.6 Å². The van der Waals surface area contributed by atoms with Crippen molar-refractivity contribution < 1.29 is 14.3 Å². The zero-order valence-corrected chi connectivity index (χ0v) is 13.8. The van der Waals surface area contributed by atoms with Gasteiger partial charge in [-0.3, -0.25) is 4.79 Å². The van der Waals surface area contributed by atoms with Gasteiger partial charge in [0.1, 0.15) is 11.5 Å². The van der Waals surface area contributed by atoms with Crippen LogP contribution in [0.5, 0.6) is 11.5 Å². The third kappa shape index (κ3) is 5.66. The van der Waals surface area contributed by atoms with Crippen molar-refractivity contribution in [3.05, 3.63) is 59.7 Å². The van der Waals surface area contributed by atoms with Crippen molar-refractivity contribution in [1.29, 1.82) is 0 Å². The molecule has 0 atom stereocenters. The minimum atomic E-state index is -0.00153. The average molecular weight is 313 g/mol. The molecule has 1 amide bonds. The molecule has 4 heteroatoms. The molecule has 4 nitrogen and oxygen atoms in total. The number of ether oxygens (including phenoxy) is 2. The lowest BCUT2D eigenvalue weighted by Crippen LogP contribution is -2.24. The predicted octanol–water partition coefficient (Wildman–Crippen LogP) is 3.34. The number of methoxy groups -OCH3 is 1. The van der Waals surface area contributed by atoms with Crippen LogP contribution in [0.25, 0.3) is 0 Å². The molecule has 2 rings (SSSR count). The molecule has 0 aliphatic rings. The van der Waals surface area contributed by atoms with Gasteiger partial charge < -0.3 is 14.8 Å². The largest absolute Gasteiger partial charge is 0.497 e. The molecule has 0 aliphatic heterocycles. The summed E-state index contributed by atoms with van der Waals surface area (Å²) in [6.45, 7) is 4.48. The number of carbonyl (C=O) groups excluding carboxylic acids is 1. The van der Waals surface area contributed by atoms with E-state index in [-0.39, 0.29) is 12.0 Å². The maximum absolute atomic E-state index is 12.0. The minimum absolute atomic E-state index is 0.00153. The Hall–Kier alpha value is -2.49. The third-order valence-corrected chi connectivity index (χ3v) is 3.31. The van der Waals surface area contributed by atoms with Crippen LogP contribution in [0.2, 0.25) is 0 Å². The summed E-state index contributed by atoms with van der Waals surface area (Å²) in [6.07, 6.45) is 0.506. The fourth-order valence-corrected chi connectivity index (χ4v) is 2.15. The SMILES string of the molecule is COc1ccc(CNC(=O)Cc2ccc(OC(C)C)cc2)cc1.